The van der Waals surface area contributed by atoms with Crippen LogP contribution in [0.5, 0.6) is 0 Å². The first-order valence-corrected chi connectivity index (χ1v) is 10.2. The molecule has 2 unspecified atom stereocenters. The minimum Gasteiger partial charge on any atom is -0.341 e. The quantitative estimate of drug-likeness (QED) is 0.586. The number of amides is 2. The van der Waals surface area contributed by atoms with Crippen LogP contribution in [-0.4, -0.2) is 78.1 Å². The van der Waals surface area contributed by atoms with Crippen LogP contribution in [-0.2, 0) is 9.59 Å². The zero-order chi connectivity index (χ0) is 20.3. The number of piperidine rings is 1. The number of carbonyl (C=O) groups excluding carboxylic acids is 3. The number of Topliss-reactive ketones (excluding diaryl/α,β-unsaturated/α-hetero) is 1. The van der Waals surface area contributed by atoms with E-state index in [-0.39, 0.29) is 5.91 Å². The molecule has 152 valence electrons. The smallest absolute Gasteiger partial charge is 0.295 e. The van der Waals surface area contributed by atoms with Crippen LogP contribution in [0.2, 0.25) is 0 Å². The van der Waals surface area contributed by atoms with Crippen LogP contribution >= 0.6 is 0 Å². The maximum Gasteiger partial charge on any atom is 0.295 e. The van der Waals surface area contributed by atoms with Gasteiger partial charge >= 0.3 is 0 Å². The summed E-state index contributed by atoms with van der Waals surface area (Å²) in [5.41, 5.74) is 1.49. The maximum absolute atomic E-state index is 12.6. The second kappa shape index (κ2) is 8.86. The SMILES string of the molecule is Cc1ccc(C(=O)C(=O)N2CCN(CC(=O)N3CC(C)CC(C)C3)CC2)cc1. The predicted octanol–water partition coefficient (Wildman–Crippen LogP) is 1.83. The largest absolute Gasteiger partial charge is 0.341 e. The normalized spacial score (nSPS) is 23.5. The van der Waals surface area contributed by atoms with Crippen molar-refractivity contribution < 1.29 is 14.4 Å². The molecular formula is C22H31N3O3. The van der Waals surface area contributed by atoms with Gasteiger partial charge in [-0.15, -0.1) is 0 Å². The lowest BCUT2D eigenvalue weighted by atomic mass is 9.92. The molecular weight excluding hydrogens is 354 g/mol. The molecule has 0 radical (unpaired) electrons. The number of piperazine rings is 1. The zero-order valence-electron chi connectivity index (χ0n) is 17.2. The van der Waals surface area contributed by atoms with Gasteiger partial charge in [0.15, 0.2) is 0 Å². The van der Waals surface area contributed by atoms with Crippen molar-refractivity contribution in [3.63, 3.8) is 0 Å². The van der Waals surface area contributed by atoms with Gasteiger partial charge in [0.2, 0.25) is 11.7 Å². The maximum atomic E-state index is 12.6. The Kier molecular flexibility index (Phi) is 6.50. The highest BCUT2D eigenvalue weighted by Gasteiger charge is 2.30. The molecule has 0 bridgehead atoms. The summed E-state index contributed by atoms with van der Waals surface area (Å²) in [6.07, 6.45) is 1.18. The fraction of sp³-hybridized carbons (Fsp3) is 0.591. The molecule has 2 heterocycles. The number of hydrogen-bond donors (Lipinski definition) is 0. The number of aryl methyl sites for hydroxylation is 1. The lowest BCUT2D eigenvalue weighted by Gasteiger charge is -2.38. The molecule has 0 saturated carbocycles. The first-order valence-electron chi connectivity index (χ1n) is 10.2. The van der Waals surface area contributed by atoms with Gasteiger partial charge in [-0.2, -0.15) is 0 Å². The number of ketones is 1. The van der Waals surface area contributed by atoms with Gasteiger partial charge in [-0.25, -0.2) is 0 Å². The number of hydrogen-bond acceptors (Lipinski definition) is 4. The van der Waals surface area contributed by atoms with E-state index in [0.29, 0.717) is 50.1 Å². The van der Waals surface area contributed by atoms with Gasteiger partial charge in [0.25, 0.3) is 5.91 Å². The van der Waals surface area contributed by atoms with Gasteiger partial charge in [-0.1, -0.05) is 43.7 Å². The van der Waals surface area contributed by atoms with E-state index in [1.165, 1.54) is 6.42 Å². The minimum absolute atomic E-state index is 0.175. The number of benzene rings is 1. The average Bonchev–Trinajstić information content (AvgIpc) is 2.67. The van der Waals surface area contributed by atoms with Crippen LogP contribution in [0.15, 0.2) is 24.3 Å². The van der Waals surface area contributed by atoms with E-state index in [1.54, 1.807) is 17.0 Å². The van der Waals surface area contributed by atoms with Crippen molar-refractivity contribution in [1.82, 2.24) is 14.7 Å². The topological polar surface area (TPSA) is 60.9 Å². The van der Waals surface area contributed by atoms with E-state index >= 15 is 0 Å². The fourth-order valence-electron chi connectivity index (χ4n) is 4.24. The summed E-state index contributed by atoms with van der Waals surface area (Å²) in [5.74, 6) is 0.369. The summed E-state index contributed by atoms with van der Waals surface area (Å²) in [4.78, 5) is 43.3. The second-order valence-electron chi connectivity index (χ2n) is 8.51. The van der Waals surface area contributed by atoms with Crippen molar-refractivity contribution in [2.24, 2.45) is 11.8 Å². The van der Waals surface area contributed by atoms with E-state index in [0.717, 1.165) is 18.7 Å². The van der Waals surface area contributed by atoms with Crippen LogP contribution in [0.25, 0.3) is 0 Å². The van der Waals surface area contributed by atoms with Crippen molar-refractivity contribution in [3.05, 3.63) is 35.4 Å². The average molecular weight is 386 g/mol. The van der Waals surface area contributed by atoms with E-state index in [1.807, 2.05) is 24.0 Å². The molecule has 0 N–H and O–H groups in total. The summed E-state index contributed by atoms with van der Waals surface area (Å²) < 4.78 is 0. The molecule has 2 atom stereocenters. The Morgan fingerprint density at radius 1 is 0.893 bits per heavy atom. The molecule has 0 spiro atoms. The van der Waals surface area contributed by atoms with Gasteiger partial charge in [0.05, 0.1) is 6.54 Å². The highest BCUT2D eigenvalue weighted by Crippen LogP contribution is 2.21. The van der Waals surface area contributed by atoms with Crippen molar-refractivity contribution >= 4 is 17.6 Å². The van der Waals surface area contributed by atoms with Crippen molar-refractivity contribution in [2.45, 2.75) is 27.2 Å². The standard InChI is InChI=1S/C22H31N3O3/c1-16-4-6-19(7-5-16)21(27)22(28)24-10-8-23(9-11-24)15-20(26)25-13-17(2)12-18(3)14-25/h4-7,17-18H,8-15H2,1-3H3. The van der Waals surface area contributed by atoms with Gasteiger partial charge in [0.1, 0.15) is 0 Å². The lowest BCUT2D eigenvalue weighted by molar-refractivity contribution is -0.136. The Labute approximate surface area is 167 Å². The Morgan fingerprint density at radius 3 is 2.04 bits per heavy atom. The number of likely N-dealkylation sites (tertiary alicyclic amines) is 1. The van der Waals surface area contributed by atoms with Crippen molar-refractivity contribution in [2.75, 3.05) is 45.8 Å². The van der Waals surface area contributed by atoms with Crippen molar-refractivity contribution in [1.29, 1.82) is 0 Å². The number of nitrogens with zero attached hydrogens (tertiary/aromatic N) is 3. The third kappa shape index (κ3) is 4.98. The third-order valence-corrected chi connectivity index (χ3v) is 5.75. The monoisotopic (exact) mass is 385 g/mol. The van der Waals surface area contributed by atoms with Gasteiger partial charge < -0.3 is 9.80 Å². The van der Waals surface area contributed by atoms with Gasteiger partial charge in [-0.3, -0.25) is 19.3 Å². The highest BCUT2D eigenvalue weighted by atomic mass is 16.2. The molecule has 28 heavy (non-hydrogen) atoms. The van der Waals surface area contributed by atoms with E-state index in [2.05, 4.69) is 18.7 Å². The third-order valence-electron chi connectivity index (χ3n) is 5.75. The van der Waals surface area contributed by atoms with Crippen LogP contribution in [0, 0.1) is 18.8 Å². The number of rotatable bonds is 4. The Balaban J connectivity index is 1.48. The molecule has 1 aromatic carbocycles. The molecule has 1 aromatic rings. The van der Waals surface area contributed by atoms with Gasteiger partial charge in [0, 0.05) is 44.8 Å². The predicted molar refractivity (Wildman–Crippen MR) is 108 cm³/mol. The van der Waals surface area contributed by atoms with Crippen LogP contribution < -0.4 is 0 Å². The zero-order valence-corrected chi connectivity index (χ0v) is 17.2. The molecule has 2 aliphatic rings. The Bertz CT molecular complexity index is 713. The molecule has 6 nitrogen and oxygen atoms in total. The second-order valence-corrected chi connectivity index (χ2v) is 8.51. The molecule has 2 saturated heterocycles. The summed E-state index contributed by atoms with van der Waals surface area (Å²) in [7, 11) is 0. The van der Waals surface area contributed by atoms with E-state index in [4.69, 9.17) is 0 Å². The van der Waals surface area contributed by atoms with E-state index < -0.39 is 11.7 Å². The first kappa shape index (κ1) is 20.5. The summed E-state index contributed by atoms with van der Waals surface area (Å²) in [6.45, 7) is 10.6. The van der Waals surface area contributed by atoms with Crippen LogP contribution in [0.1, 0.15) is 36.2 Å². The Hall–Kier alpha value is -2.21. The molecule has 2 aliphatic heterocycles. The Morgan fingerprint density at radius 2 is 1.46 bits per heavy atom. The molecule has 2 fully saturated rings. The molecule has 3 rings (SSSR count). The molecule has 2 amide bonds. The molecule has 6 heteroatoms. The fourth-order valence-corrected chi connectivity index (χ4v) is 4.24. The highest BCUT2D eigenvalue weighted by molar-refractivity contribution is 6.42. The molecule has 0 aromatic heterocycles. The number of carbonyl (C=O) groups is 3. The summed E-state index contributed by atoms with van der Waals surface area (Å²) >= 11 is 0. The summed E-state index contributed by atoms with van der Waals surface area (Å²) in [6, 6.07) is 7.08. The van der Waals surface area contributed by atoms with Gasteiger partial charge in [-0.05, 0) is 25.2 Å². The lowest BCUT2D eigenvalue weighted by Crippen LogP contribution is -2.54. The van der Waals surface area contributed by atoms with Crippen LogP contribution in [0.3, 0.4) is 0 Å². The van der Waals surface area contributed by atoms with Crippen LogP contribution in [0.4, 0.5) is 0 Å². The minimum atomic E-state index is -0.458. The van der Waals surface area contributed by atoms with E-state index in [9.17, 15) is 14.4 Å². The molecule has 0 aliphatic carbocycles. The van der Waals surface area contributed by atoms with Crippen molar-refractivity contribution in [3.8, 4) is 0 Å². The first-order chi connectivity index (χ1) is 13.3. The summed E-state index contributed by atoms with van der Waals surface area (Å²) in [5, 5.41) is 0.